The number of aromatic nitrogens is 1. The van der Waals surface area contributed by atoms with Crippen LogP contribution in [0.3, 0.4) is 0 Å². The molecule has 4 nitrogen and oxygen atoms in total. The summed E-state index contributed by atoms with van der Waals surface area (Å²) in [7, 11) is 5.92. The summed E-state index contributed by atoms with van der Waals surface area (Å²) in [6.07, 6.45) is 2.85. The standard InChI is InChI=1S/C11H19N3O/c1-13(2)8-5-7-12-11(15)10-6-4-9-14(10)3/h4,6,9H,5,7-8H2,1-3H3,(H,12,15). The molecule has 0 bridgehead atoms. The second kappa shape index (κ2) is 5.56. The van der Waals surface area contributed by atoms with Gasteiger partial charge in [-0.1, -0.05) is 0 Å². The van der Waals surface area contributed by atoms with E-state index in [1.54, 1.807) is 0 Å². The fourth-order valence-corrected chi connectivity index (χ4v) is 1.38. The van der Waals surface area contributed by atoms with Gasteiger partial charge in [-0.25, -0.2) is 0 Å². The molecule has 1 amide bonds. The van der Waals surface area contributed by atoms with Gasteiger partial charge in [-0.2, -0.15) is 0 Å². The predicted octanol–water partition coefficient (Wildman–Crippen LogP) is 0.707. The molecule has 1 N–H and O–H groups in total. The van der Waals surface area contributed by atoms with Crippen LogP contribution in [-0.4, -0.2) is 42.6 Å². The Morgan fingerprint density at radius 3 is 2.80 bits per heavy atom. The number of amides is 1. The highest BCUT2D eigenvalue weighted by Gasteiger charge is 2.06. The van der Waals surface area contributed by atoms with Crippen LogP contribution in [0.25, 0.3) is 0 Å². The minimum atomic E-state index is 0.00116. The molecule has 1 rings (SSSR count). The zero-order valence-electron chi connectivity index (χ0n) is 9.66. The monoisotopic (exact) mass is 209 g/mol. The van der Waals surface area contributed by atoms with Crippen molar-refractivity contribution in [2.45, 2.75) is 6.42 Å². The van der Waals surface area contributed by atoms with E-state index >= 15 is 0 Å². The number of nitrogens with one attached hydrogen (secondary N) is 1. The number of aryl methyl sites for hydroxylation is 1. The van der Waals surface area contributed by atoms with Gasteiger partial charge in [0, 0.05) is 19.8 Å². The summed E-state index contributed by atoms with van der Waals surface area (Å²) in [5.41, 5.74) is 0.708. The molecule has 0 aliphatic carbocycles. The number of carbonyl (C=O) groups is 1. The number of hydrogen-bond acceptors (Lipinski definition) is 2. The van der Waals surface area contributed by atoms with Crippen molar-refractivity contribution in [2.24, 2.45) is 7.05 Å². The Labute approximate surface area is 90.9 Å². The van der Waals surface area contributed by atoms with Gasteiger partial charge in [-0.3, -0.25) is 4.79 Å². The van der Waals surface area contributed by atoms with Crippen molar-refractivity contribution >= 4 is 5.91 Å². The molecule has 1 heterocycles. The van der Waals surface area contributed by atoms with Crippen molar-refractivity contribution in [3.63, 3.8) is 0 Å². The Kier molecular flexibility index (Phi) is 4.37. The zero-order valence-corrected chi connectivity index (χ0v) is 9.66. The molecule has 0 aliphatic heterocycles. The smallest absolute Gasteiger partial charge is 0.267 e. The van der Waals surface area contributed by atoms with Crippen molar-refractivity contribution in [3.8, 4) is 0 Å². The second-order valence-electron chi connectivity index (χ2n) is 3.92. The van der Waals surface area contributed by atoms with Gasteiger partial charge >= 0.3 is 0 Å². The zero-order chi connectivity index (χ0) is 11.3. The van der Waals surface area contributed by atoms with Gasteiger partial charge in [0.05, 0.1) is 0 Å². The molecule has 15 heavy (non-hydrogen) atoms. The third-order valence-electron chi connectivity index (χ3n) is 2.24. The van der Waals surface area contributed by atoms with E-state index in [-0.39, 0.29) is 5.91 Å². The minimum absolute atomic E-state index is 0.00116. The van der Waals surface area contributed by atoms with Gasteiger partial charge < -0.3 is 14.8 Å². The van der Waals surface area contributed by atoms with Gasteiger partial charge in [0.15, 0.2) is 0 Å². The summed E-state index contributed by atoms with van der Waals surface area (Å²) >= 11 is 0. The molecule has 1 aromatic rings. The van der Waals surface area contributed by atoms with Crippen molar-refractivity contribution in [3.05, 3.63) is 24.0 Å². The Balaban J connectivity index is 2.28. The first-order valence-corrected chi connectivity index (χ1v) is 5.15. The molecule has 1 aromatic heterocycles. The topological polar surface area (TPSA) is 37.3 Å². The van der Waals surface area contributed by atoms with Crippen LogP contribution in [0, 0.1) is 0 Å². The lowest BCUT2D eigenvalue weighted by Gasteiger charge is -2.10. The molecule has 0 unspecified atom stereocenters. The molecule has 0 spiro atoms. The highest BCUT2D eigenvalue weighted by Crippen LogP contribution is 1.98. The Bertz CT molecular complexity index is 317. The summed E-state index contributed by atoms with van der Waals surface area (Å²) < 4.78 is 1.82. The maximum atomic E-state index is 11.6. The Morgan fingerprint density at radius 2 is 2.27 bits per heavy atom. The molecule has 0 fully saturated rings. The lowest BCUT2D eigenvalue weighted by atomic mass is 10.3. The fraction of sp³-hybridized carbons (Fsp3) is 0.545. The molecule has 0 saturated heterocycles. The van der Waals surface area contributed by atoms with Crippen molar-refractivity contribution < 1.29 is 4.79 Å². The molecule has 4 heteroatoms. The van der Waals surface area contributed by atoms with Gasteiger partial charge in [0.25, 0.3) is 5.91 Å². The average Bonchev–Trinajstić information content (AvgIpc) is 2.58. The molecule has 0 saturated carbocycles. The molecule has 84 valence electrons. The van der Waals surface area contributed by atoms with Crippen LogP contribution >= 0.6 is 0 Å². The first kappa shape index (κ1) is 11.8. The summed E-state index contributed by atoms with van der Waals surface area (Å²) in [5.74, 6) is 0.00116. The highest BCUT2D eigenvalue weighted by molar-refractivity contribution is 5.92. The van der Waals surface area contributed by atoms with Gasteiger partial charge in [-0.05, 0) is 39.2 Å². The number of rotatable bonds is 5. The van der Waals surface area contributed by atoms with Crippen LogP contribution in [0.1, 0.15) is 16.9 Å². The van der Waals surface area contributed by atoms with Crippen LogP contribution in [0.15, 0.2) is 18.3 Å². The van der Waals surface area contributed by atoms with E-state index in [9.17, 15) is 4.79 Å². The van der Waals surface area contributed by atoms with E-state index < -0.39 is 0 Å². The summed E-state index contributed by atoms with van der Waals surface area (Å²) in [5, 5.41) is 2.89. The van der Waals surface area contributed by atoms with Gasteiger partial charge in [-0.15, -0.1) is 0 Å². The molecular weight excluding hydrogens is 190 g/mol. The molecule has 0 aliphatic rings. The van der Waals surface area contributed by atoms with Crippen LogP contribution in [0.5, 0.6) is 0 Å². The van der Waals surface area contributed by atoms with E-state index in [2.05, 4.69) is 10.2 Å². The van der Waals surface area contributed by atoms with Crippen LogP contribution < -0.4 is 5.32 Å². The third-order valence-corrected chi connectivity index (χ3v) is 2.24. The fourth-order valence-electron chi connectivity index (χ4n) is 1.38. The van der Waals surface area contributed by atoms with Crippen molar-refractivity contribution in [1.82, 2.24) is 14.8 Å². The van der Waals surface area contributed by atoms with Crippen LogP contribution in [0.2, 0.25) is 0 Å². The lowest BCUT2D eigenvalue weighted by Crippen LogP contribution is -2.28. The van der Waals surface area contributed by atoms with Crippen molar-refractivity contribution in [2.75, 3.05) is 27.2 Å². The van der Waals surface area contributed by atoms with Crippen LogP contribution in [-0.2, 0) is 7.05 Å². The Hall–Kier alpha value is -1.29. The molecule has 0 radical (unpaired) electrons. The predicted molar refractivity (Wildman–Crippen MR) is 60.9 cm³/mol. The normalized spacial score (nSPS) is 10.7. The Morgan fingerprint density at radius 1 is 1.53 bits per heavy atom. The molecule has 0 atom stereocenters. The van der Waals surface area contributed by atoms with Gasteiger partial charge in [0.2, 0.25) is 0 Å². The number of carbonyl (C=O) groups excluding carboxylic acids is 1. The quantitative estimate of drug-likeness (QED) is 0.725. The van der Waals surface area contributed by atoms with Crippen molar-refractivity contribution in [1.29, 1.82) is 0 Å². The lowest BCUT2D eigenvalue weighted by molar-refractivity contribution is 0.0944. The first-order valence-electron chi connectivity index (χ1n) is 5.15. The minimum Gasteiger partial charge on any atom is -0.351 e. The largest absolute Gasteiger partial charge is 0.351 e. The first-order chi connectivity index (χ1) is 7.11. The summed E-state index contributed by atoms with van der Waals surface area (Å²) in [4.78, 5) is 13.7. The average molecular weight is 209 g/mol. The van der Waals surface area contributed by atoms with E-state index in [1.165, 1.54) is 0 Å². The SMILES string of the molecule is CN(C)CCCNC(=O)c1cccn1C. The maximum absolute atomic E-state index is 11.6. The summed E-state index contributed by atoms with van der Waals surface area (Å²) in [6, 6.07) is 3.69. The number of nitrogens with zero attached hydrogens (tertiary/aromatic N) is 2. The molecular formula is C11H19N3O. The van der Waals surface area contributed by atoms with E-state index in [4.69, 9.17) is 0 Å². The maximum Gasteiger partial charge on any atom is 0.267 e. The third kappa shape index (κ3) is 3.75. The van der Waals surface area contributed by atoms with E-state index in [0.29, 0.717) is 5.69 Å². The second-order valence-corrected chi connectivity index (χ2v) is 3.92. The van der Waals surface area contributed by atoms with E-state index in [1.807, 2.05) is 44.0 Å². The van der Waals surface area contributed by atoms with Gasteiger partial charge in [0.1, 0.15) is 5.69 Å². The summed E-state index contributed by atoms with van der Waals surface area (Å²) in [6.45, 7) is 1.72. The highest BCUT2D eigenvalue weighted by atomic mass is 16.1. The van der Waals surface area contributed by atoms with Crippen LogP contribution in [0.4, 0.5) is 0 Å². The molecule has 0 aromatic carbocycles. The number of hydrogen-bond donors (Lipinski definition) is 1. The van der Waals surface area contributed by atoms with E-state index in [0.717, 1.165) is 19.5 Å².